The minimum absolute atomic E-state index is 0.308. The first kappa shape index (κ1) is 21.5. The van der Waals surface area contributed by atoms with E-state index in [0.717, 1.165) is 34.8 Å². The smallest absolute Gasteiger partial charge is 0.417 e. The van der Waals surface area contributed by atoms with E-state index in [1.54, 1.807) is 0 Å². The number of rotatable bonds is 9. The van der Waals surface area contributed by atoms with E-state index < -0.39 is 29.8 Å². The van der Waals surface area contributed by atoms with Gasteiger partial charge >= 0.3 is 6.18 Å². The van der Waals surface area contributed by atoms with Crippen molar-refractivity contribution in [1.29, 1.82) is 0 Å². The first-order valence-corrected chi connectivity index (χ1v) is 9.05. The van der Waals surface area contributed by atoms with Crippen LogP contribution in [0.4, 0.5) is 13.2 Å². The Hall–Kier alpha value is -2.77. The number of alkyl halides is 3. The molecule has 1 aromatic carbocycles. The maximum atomic E-state index is 12.7. The summed E-state index contributed by atoms with van der Waals surface area (Å²) >= 11 is 0. The lowest BCUT2D eigenvalue weighted by atomic mass is 10.1. The van der Waals surface area contributed by atoms with E-state index in [4.69, 9.17) is 4.74 Å². The highest BCUT2D eigenvalue weighted by molar-refractivity contribution is 5.75. The van der Waals surface area contributed by atoms with E-state index in [1.807, 2.05) is 24.3 Å². The van der Waals surface area contributed by atoms with Crippen molar-refractivity contribution in [3.05, 3.63) is 64.1 Å². The lowest BCUT2D eigenvalue weighted by Crippen LogP contribution is -2.33. The number of aromatic nitrogens is 1. The Kier molecular flexibility index (Phi) is 7.66. The molecule has 8 heteroatoms. The van der Waals surface area contributed by atoms with E-state index in [-0.39, 0.29) is 0 Å². The van der Waals surface area contributed by atoms with Gasteiger partial charge in [0.05, 0.1) is 12.2 Å². The lowest BCUT2D eigenvalue weighted by Gasteiger charge is -2.11. The predicted octanol–water partition coefficient (Wildman–Crippen LogP) is 3.40. The molecule has 0 atom stereocenters. The van der Waals surface area contributed by atoms with Crippen LogP contribution in [-0.2, 0) is 23.9 Å². The van der Waals surface area contributed by atoms with Crippen molar-refractivity contribution in [3.8, 4) is 5.75 Å². The van der Waals surface area contributed by atoms with Gasteiger partial charge in [-0.05, 0) is 36.6 Å². The number of hydrogen-bond donors (Lipinski definition) is 1. The highest BCUT2D eigenvalue weighted by Gasteiger charge is 2.31. The van der Waals surface area contributed by atoms with Gasteiger partial charge in [0.25, 0.3) is 5.56 Å². The molecule has 0 radical (unpaired) electrons. The number of amides is 1. The first-order chi connectivity index (χ1) is 13.3. The lowest BCUT2D eigenvalue weighted by molar-refractivity contribution is -0.138. The molecule has 0 spiro atoms. The number of benzene rings is 1. The Morgan fingerprint density at radius 1 is 1.14 bits per heavy atom. The number of ether oxygens (including phenoxy) is 1. The van der Waals surface area contributed by atoms with Crippen molar-refractivity contribution in [3.63, 3.8) is 0 Å². The van der Waals surface area contributed by atoms with Gasteiger partial charge in [0.15, 0.2) is 0 Å². The number of hydrogen-bond acceptors (Lipinski definition) is 3. The van der Waals surface area contributed by atoms with E-state index >= 15 is 0 Å². The van der Waals surface area contributed by atoms with Gasteiger partial charge in [-0.15, -0.1) is 0 Å². The molecule has 1 N–H and O–H groups in total. The van der Waals surface area contributed by atoms with Crippen LogP contribution in [0.2, 0.25) is 0 Å². The minimum atomic E-state index is -4.57. The second-order valence-electron chi connectivity index (χ2n) is 6.33. The van der Waals surface area contributed by atoms with Crippen LogP contribution >= 0.6 is 0 Å². The minimum Gasteiger partial charge on any atom is -0.494 e. The number of halogens is 3. The summed E-state index contributed by atoms with van der Waals surface area (Å²) in [4.78, 5) is 23.6. The monoisotopic (exact) mass is 396 g/mol. The molecule has 0 saturated carbocycles. The molecule has 0 unspecified atom stereocenters. The zero-order valence-corrected chi connectivity index (χ0v) is 15.6. The standard InChI is InChI=1S/C20H23F3N2O3/c1-2-3-12-28-17-7-4-15(5-8-17)10-11-24-18(26)14-25-13-16(20(21,22)23)6-9-19(25)27/h4-9,13H,2-3,10-12,14H2,1H3,(H,24,26). The molecule has 2 rings (SSSR count). The molecule has 1 aromatic heterocycles. The van der Waals surface area contributed by atoms with E-state index in [1.165, 1.54) is 0 Å². The molecule has 0 aliphatic carbocycles. The summed E-state index contributed by atoms with van der Waals surface area (Å²) in [6.45, 7) is 2.60. The third-order valence-corrected chi connectivity index (χ3v) is 4.05. The van der Waals surface area contributed by atoms with E-state index in [9.17, 15) is 22.8 Å². The SMILES string of the molecule is CCCCOc1ccc(CCNC(=O)Cn2cc(C(F)(F)F)ccc2=O)cc1. The van der Waals surface area contributed by atoms with E-state index in [2.05, 4.69) is 12.2 Å². The zero-order chi connectivity index (χ0) is 20.6. The van der Waals surface area contributed by atoms with Gasteiger partial charge < -0.3 is 14.6 Å². The summed E-state index contributed by atoms with van der Waals surface area (Å²) < 4.78 is 44.5. The molecule has 0 aliphatic rings. The second kappa shape index (κ2) is 9.96. The fraction of sp³-hybridized carbons (Fsp3) is 0.400. The topological polar surface area (TPSA) is 60.3 Å². The van der Waals surface area contributed by atoms with Gasteiger partial charge in [0.1, 0.15) is 12.3 Å². The van der Waals surface area contributed by atoms with Crippen LogP contribution in [-0.4, -0.2) is 23.6 Å². The van der Waals surface area contributed by atoms with Crippen LogP contribution in [0.25, 0.3) is 0 Å². The number of nitrogens with one attached hydrogen (secondary N) is 1. The van der Waals surface area contributed by atoms with Gasteiger partial charge in [-0.2, -0.15) is 13.2 Å². The van der Waals surface area contributed by atoms with Gasteiger partial charge in [0.2, 0.25) is 5.91 Å². The molecule has 0 bridgehead atoms. The van der Waals surface area contributed by atoms with Crippen molar-refractivity contribution < 1.29 is 22.7 Å². The van der Waals surface area contributed by atoms with Crippen molar-refractivity contribution in [2.75, 3.05) is 13.2 Å². The number of nitrogens with zero attached hydrogens (tertiary/aromatic N) is 1. The fourth-order valence-electron chi connectivity index (χ4n) is 2.47. The summed E-state index contributed by atoms with van der Waals surface area (Å²) in [5.74, 6) is 0.256. The second-order valence-corrected chi connectivity index (χ2v) is 6.33. The molecule has 5 nitrogen and oxygen atoms in total. The maximum Gasteiger partial charge on any atom is 0.417 e. The molecule has 152 valence electrons. The van der Waals surface area contributed by atoms with Crippen LogP contribution in [0.15, 0.2) is 47.4 Å². The van der Waals surface area contributed by atoms with Crippen molar-refractivity contribution in [2.45, 2.75) is 38.9 Å². The first-order valence-electron chi connectivity index (χ1n) is 9.05. The van der Waals surface area contributed by atoms with Crippen molar-refractivity contribution >= 4 is 5.91 Å². The highest BCUT2D eigenvalue weighted by Crippen LogP contribution is 2.27. The van der Waals surface area contributed by atoms with Gasteiger partial charge in [-0.1, -0.05) is 25.5 Å². The van der Waals surface area contributed by atoms with Crippen molar-refractivity contribution in [1.82, 2.24) is 9.88 Å². The maximum absolute atomic E-state index is 12.7. The third kappa shape index (κ3) is 6.75. The number of pyridine rings is 1. The van der Waals surface area contributed by atoms with Crippen LogP contribution in [0.3, 0.4) is 0 Å². The Labute approximate surface area is 161 Å². The molecular weight excluding hydrogens is 373 g/mol. The molecule has 2 aromatic rings. The van der Waals surface area contributed by atoms with Crippen LogP contribution in [0.1, 0.15) is 30.9 Å². The Morgan fingerprint density at radius 3 is 2.50 bits per heavy atom. The summed E-state index contributed by atoms with van der Waals surface area (Å²) in [7, 11) is 0. The quantitative estimate of drug-likeness (QED) is 0.661. The molecule has 0 fully saturated rings. The molecular formula is C20H23F3N2O3. The van der Waals surface area contributed by atoms with Crippen LogP contribution in [0.5, 0.6) is 5.75 Å². The van der Waals surface area contributed by atoms with Gasteiger partial charge in [-0.3, -0.25) is 9.59 Å². The summed E-state index contributed by atoms with van der Waals surface area (Å²) in [6.07, 6.45) is -1.32. The fourth-order valence-corrected chi connectivity index (χ4v) is 2.47. The third-order valence-electron chi connectivity index (χ3n) is 4.05. The number of unbranched alkanes of at least 4 members (excludes halogenated alkanes) is 1. The Balaban J connectivity index is 1.82. The average molecular weight is 396 g/mol. The summed E-state index contributed by atoms with van der Waals surface area (Å²) in [5.41, 5.74) is -0.651. The largest absolute Gasteiger partial charge is 0.494 e. The molecule has 0 saturated heterocycles. The normalized spacial score (nSPS) is 11.3. The number of carbonyl (C=O) groups is 1. The molecule has 28 heavy (non-hydrogen) atoms. The van der Waals surface area contributed by atoms with Crippen LogP contribution < -0.4 is 15.6 Å². The summed E-state index contributed by atoms with van der Waals surface area (Å²) in [5, 5.41) is 2.61. The Bertz CT molecular complexity index is 830. The van der Waals surface area contributed by atoms with Crippen molar-refractivity contribution in [2.24, 2.45) is 0 Å². The Morgan fingerprint density at radius 2 is 1.86 bits per heavy atom. The molecule has 0 aliphatic heterocycles. The summed E-state index contributed by atoms with van der Waals surface area (Å²) in [6, 6.07) is 9.01. The molecule has 1 heterocycles. The van der Waals surface area contributed by atoms with Gasteiger partial charge in [0, 0.05) is 18.8 Å². The zero-order valence-electron chi connectivity index (χ0n) is 15.6. The average Bonchev–Trinajstić information content (AvgIpc) is 2.64. The molecule has 1 amide bonds. The number of carbonyl (C=O) groups excluding carboxylic acids is 1. The van der Waals surface area contributed by atoms with Crippen LogP contribution in [0, 0.1) is 0 Å². The van der Waals surface area contributed by atoms with Gasteiger partial charge in [-0.25, -0.2) is 0 Å². The highest BCUT2D eigenvalue weighted by atomic mass is 19.4. The van der Waals surface area contributed by atoms with E-state index in [0.29, 0.717) is 31.8 Å². The predicted molar refractivity (Wildman–Crippen MR) is 99.3 cm³/mol.